The van der Waals surface area contributed by atoms with Crippen LogP contribution in [0.25, 0.3) is 0 Å². The SMILES string of the molecule is CC(C)Nc1nc(OC(CCOCCC(Oc2ccc([N+](=O)[O-])c(NC(C)C)n2)c2c(Cl)cc(OCC=C(Cl)Cl)cc2Cl)c2c(Cl)cc(OCC=C(Cl)Cl)cc2Cl)ccc1[N+](=O)[O-]. The van der Waals surface area contributed by atoms with Crippen LogP contribution in [0.1, 0.15) is 63.9 Å². The minimum Gasteiger partial charge on any atom is -0.489 e. The zero-order valence-corrected chi connectivity index (χ0v) is 39.9. The number of hydrogen-bond donors (Lipinski definition) is 2. The number of halogens is 8. The molecule has 2 unspecified atom stereocenters. The first kappa shape index (κ1) is 51.7. The van der Waals surface area contributed by atoms with Gasteiger partial charge >= 0.3 is 11.4 Å². The van der Waals surface area contributed by atoms with E-state index in [1.165, 1.54) is 60.7 Å². The van der Waals surface area contributed by atoms with E-state index in [2.05, 4.69) is 20.6 Å². The number of aromatic nitrogens is 2. The maximum Gasteiger partial charge on any atom is 0.311 e. The highest BCUT2D eigenvalue weighted by atomic mass is 35.5. The molecular formula is C40H40Cl8N6O9. The lowest BCUT2D eigenvalue weighted by molar-refractivity contribution is -0.384. The van der Waals surface area contributed by atoms with E-state index in [-0.39, 0.29) is 115 Å². The van der Waals surface area contributed by atoms with E-state index < -0.39 is 22.1 Å². The largest absolute Gasteiger partial charge is 0.489 e. The maximum absolute atomic E-state index is 11.8. The van der Waals surface area contributed by atoms with Gasteiger partial charge in [0.15, 0.2) is 0 Å². The van der Waals surface area contributed by atoms with Gasteiger partial charge in [-0.25, -0.2) is 0 Å². The zero-order valence-electron chi connectivity index (χ0n) is 33.8. The number of rotatable bonds is 24. The summed E-state index contributed by atoms with van der Waals surface area (Å²) in [5.74, 6) is 0.724. The Balaban J connectivity index is 1.63. The van der Waals surface area contributed by atoms with Gasteiger partial charge in [0.1, 0.15) is 45.9 Å². The minimum absolute atomic E-state index is 0.00326. The Morgan fingerprint density at radius 2 is 0.984 bits per heavy atom. The van der Waals surface area contributed by atoms with Gasteiger partial charge in [0.2, 0.25) is 23.4 Å². The predicted octanol–water partition coefficient (Wildman–Crippen LogP) is 13.7. The summed E-state index contributed by atoms with van der Waals surface area (Å²) in [6.45, 7) is 7.41. The van der Waals surface area contributed by atoms with Crippen LogP contribution in [0.15, 0.2) is 69.7 Å². The van der Waals surface area contributed by atoms with Crippen LogP contribution in [0.4, 0.5) is 23.0 Å². The first-order valence-electron chi connectivity index (χ1n) is 18.8. The number of nitrogens with one attached hydrogen (secondary N) is 2. The average molecular weight is 1030 g/mol. The molecule has 0 amide bonds. The van der Waals surface area contributed by atoms with Gasteiger partial charge in [-0.1, -0.05) is 92.8 Å². The molecule has 0 saturated heterocycles. The van der Waals surface area contributed by atoms with E-state index in [1.54, 1.807) is 0 Å². The summed E-state index contributed by atoms with van der Waals surface area (Å²) in [5, 5.41) is 30.2. The highest BCUT2D eigenvalue weighted by Crippen LogP contribution is 2.41. The molecule has 63 heavy (non-hydrogen) atoms. The summed E-state index contributed by atoms with van der Waals surface area (Å²) >= 11 is 50.0. The lowest BCUT2D eigenvalue weighted by Gasteiger charge is -2.24. The second kappa shape index (κ2) is 25.0. The van der Waals surface area contributed by atoms with Crippen molar-refractivity contribution in [1.82, 2.24) is 9.97 Å². The Kier molecular flexibility index (Phi) is 20.5. The Bertz CT molecular complexity index is 2090. The van der Waals surface area contributed by atoms with Crippen LogP contribution >= 0.6 is 92.8 Å². The standard InChI is InChI=1S/C40H40Cl8N6O9/c1-21(2)49-39-29(53(55)56)5-7-35(51-39)62-31(37-25(41)17-23(18-26(37)42)60-15-11-33(45)46)9-13-59-14-10-32(38-27(43)19-24(20-28(38)44)61-16-12-34(47)48)63-36-8-6-30(54(57)58)40(52-36)50-22(3)4/h5-8,11-12,17-22,31-32H,9-10,13-16H2,1-4H3,(H,49,51)(H,50,52). The molecule has 0 spiro atoms. The lowest BCUT2D eigenvalue weighted by Crippen LogP contribution is -2.17. The van der Waals surface area contributed by atoms with E-state index in [0.717, 1.165) is 0 Å². The summed E-state index contributed by atoms with van der Waals surface area (Å²) in [5.41, 5.74) is 0.228. The normalized spacial score (nSPS) is 12.0. The van der Waals surface area contributed by atoms with Crippen molar-refractivity contribution in [2.24, 2.45) is 0 Å². The molecule has 0 aliphatic heterocycles. The Morgan fingerprint density at radius 3 is 1.29 bits per heavy atom. The average Bonchev–Trinajstić information content (AvgIpc) is 3.16. The molecule has 2 N–H and O–H groups in total. The third-order valence-electron chi connectivity index (χ3n) is 8.24. The molecule has 15 nitrogen and oxygen atoms in total. The molecule has 4 rings (SSSR count). The van der Waals surface area contributed by atoms with Gasteiger partial charge in [0.25, 0.3) is 0 Å². The Labute approximate surface area is 403 Å². The van der Waals surface area contributed by atoms with E-state index in [4.69, 9.17) is 116 Å². The van der Waals surface area contributed by atoms with Gasteiger partial charge in [-0.15, -0.1) is 0 Å². The van der Waals surface area contributed by atoms with Crippen molar-refractivity contribution >= 4 is 116 Å². The third-order valence-corrected chi connectivity index (χ3v) is 10.1. The van der Waals surface area contributed by atoms with Crippen molar-refractivity contribution in [3.05, 3.63) is 121 Å². The third kappa shape index (κ3) is 16.2. The number of hydrogen-bond acceptors (Lipinski definition) is 13. The molecule has 0 aliphatic rings. The fourth-order valence-corrected chi connectivity index (χ4v) is 7.33. The van der Waals surface area contributed by atoms with Crippen LogP contribution in [0.2, 0.25) is 20.1 Å². The van der Waals surface area contributed by atoms with E-state index in [1.807, 2.05) is 27.7 Å². The van der Waals surface area contributed by atoms with Crippen molar-refractivity contribution in [1.29, 1.82) is 0 Å². The van der Waals surface area contributed by atoms with Gasteiger partial charge in [0.05, 0.1) is 43.2 Å². The second-order valence-electron chi connectivity index (χ2n) is 13.8. The molecule has 4 aromatic rings. The molecular weight excluding hydrogens is 992 g/mol. The first-order chi connectivity index (χ1) is 29.8. The number of pyridine rings is 2. The van der Waals surface area contributed by atoms with Gasteiger partial charge in [-0.05, 0) is 64.1 Å². The van der Waals surface area contributed by atoms with Crippen LogP contribution in [-0.4, -0.2) is 58.3 Å². The van der Waals surface area contributed by atoms with E-state index in [0.29, 0.717) is 22.6 Å². The molecule has 2 aromatic heterocycles. The minimum atomic E-state index is -0.903. The van der Waals surface area contributed by atoms with E-state index in [9.17, 15) is 20.2 Å². The van der Waals surface area contributed by atoms with Crippen LogP contribution in [0, 0.1) is 20.2 Å². The predicted molar refractivity (Wildman–Crippen MR) is 250 cm³/mol. The summed E-state index contributed by atoms with van der Waals surface area (Å²) in [7, 11) is 0. The van der Waals surface area contributed by atoms with Crippen LogP contribution < -0.4 is 29.6 Å². The molecule has 2 heterocycles. The number of anilines is 2. The van der Waals surface area contributed by atoms with Gasteiger partial charge < -0.3 is 34.3 Å². The van der Waals surface area contributed by atoms with Gasteiger partial charge in [-0.2, -0.15) is 9.97 Å². The highest BCUT2D eigenvalue weighted by molar-refractivity contribution is 6.56. The maximum atomic E-state index is 11.8. The van der Waals surface area contributed by atoms with Gasteiger partial charge in [0, 0.05) is 60.3 Å². The highest BCUT2D eigenvalue weighted by Gasteiger charge is 2.27. The molecule has 0 aliphatic carbocycles. The number of benzene rings is 2. The summed E-state index contributed by atoms with van der Waals surface area (Å²) in [6, 6.07) is 11.1. The fraction of sp³-hybridized carbons (Fsp3) is 0.350. The summed E-state index contributed by atoms with van der Waals surface area (Å²) in [4.78, 5) is 31.2. The monoisotopic (exact) mass is 1030 g/mol. The Hall–Kier alpha value is -3.90. The van der Waals surface area contributed by atoms with Crippen molar-refractivity contribution < 1.29 is 33.5 Å². The molecule has 0 fully saturated rings. The molecule has 2 aromatic carbocycles. The van der Waals surface area contributed by atoms with Crippen molar-refractivity contribution in [2.75, 3.05) is 37.1 Å². The van der Waals surface area contributed by atoms with Gasteiger partial charge in [-0.3, -0.25) is 20.2 Å². The molecule has 0 radical (unpaired) electrons. The van der Waals surface area contributed by atoms with Crippen LogP contribution in [-0.2, 0) is 4.74 Å². The van der Waals surface area contributed by atoms with Crippen molar-refractivity contribution in [3.8, 4) is 23.3 Å². The molecule has 340 valence electrons. The smallest absolute Gasteiger partial charge is 0.311 e. The van der Waals surface area contributed by atoms with Crippen LogP contribution in [0.3, 0.4) is 0 Å². The zero-order chi connectivity index (χ0) is 46.4. The number of ether oxygens (including phenoxy) is 5. The number of nitro groups is 2. The molecule has 23 heteroatoms. The summed E-state index contributed by atoms with van der Waals surface area (Å²) < 4.78 is 30.2. The van der Waals surface area contributed by atoms with Crippen molar-refractivity contribution in [3.63, 3.8) is 0 Å². The summed E-state index contributed by atoms with van der Waals surface area (Å²) in [6.07, 6.45) is 1.36. The molecule has 0 bridgehead atoms. The molecule has 0 saturated carbocycles. The quantitative estimate of drug-likeness (QED) is 0.0384. The Morgan fingerprint density at radius 1 is 0.635 bits per heavy atom. The lowest BCUT2D eigenvalue weighted by atomic mass is 10.1. The second-order valence-corrected chi connectivity index (χ2v) is 17.4. The first-order valence-corrected chi connectivity index (χ1v) is 21.9. The van der Waals surface area contributed by atoms with E-state index >= 15 is 0 Å². The van der Waals surface area contributed by atoms with Crippen molar-refractivity contribution in [2.45, 2.75) is 64.8 Å². The molecule has 2 atom stereocenters. The topological polar surface area (TPSA) is 182 Å². The number of nitrogens with zero attached hydrogens (tertiary/aromatic N) is 4. The fourth-order valence-electron chi connectivity index (χ4n) is 5.66. The van der Waals surface area contributed by atoms with Crippen LogP contribution in [0.5, 0.6) is 23.3 Å².